The molecule has 146 valence electrons. The third-order valence-electron chi connectivity index (χ3n) is 5.90. The molecule has 0 N–H and O–H groups in total. The monoisotopic (exact) mass is 379 g/mol. The Morgan fingerprint density at radius 1 is 1.07 bits per heavy atom. The SMILES string of the molecule is Cc1nc2nc(N3CCO[C@H](c4cnn(C)c4)C3)nc(C3CCC3)c2nc1C. The number of hydrogen-bond donors (Lipinski definition) is 0. The molecule has 3 aromatic heterocycles. The van der Waals surface area contributed by atoms with E-state index in [0.717, 1.165) is 40.7 Å². The first-order valence-electron chi connectivity index (χ1n) is 9.96. The zero-order valence-electron chi connectivity index (χ0n) is 16.6. The molecule has 28 heavy (non-hydrogen) atoms. The van der Waals surface area contributed by atoms with E-state index in [4.69, 9.17) is 24.7 Å². The Bertz CT molecular complexity index is 1030. The van der Waals surface area contributed by atoms with Crippen molar-refractivity contribution in [2.24, 2.45) is 7.05 Å². The van der Waals surface area contributed by atoms with Crippen molar-refractivity contribution in [3.05, 3.63) is 35.0 Å². The molecule has 8 heteroatoms. The molecule has 2 aliphatic rings. The highest BCUT2D eigenvalue weighted by Crippen LogP contribution is 2.38. The van der Waals surface area contributed by atoms with Crippen LogP contribution in [-0.2, 0) is 11.8 Å². The molecular weight excluding hydrogens is 354 g/mol. The van der Waals surface area contributed by atoms with Gasteiger partial charge < -0.3 is 9.64 Å². The van der Waals surface area contributed by atoms with Crippen LogP contribution < -0.4 is 4.90 Å². The Hall–Kier alpha value is -2.61. The highest BCUT2D eigenvalue weighted by molar-refractivity contribution is 5.75. The van der Waals surface area contributed by atoms with Gasteiger partial charge in [-0.1, -0.05) is 6.42 Å². The summed E-state index contributed by atoms with van der Waals surface area (Å²) in [6, 6.07) is 0. The molecule has 0 spiro atoms. The summed E-state index contributed by atoms with van der Waals surface area (Å²) in [5.74, 6) is 1.21. The third kappa shape index (κ3) is 3.01. The molecule has 0 bridgehead atoms. The summed E-state index contributed by atoms with van der Waals surface area (Å²) >= 11 is 0. The minimum absolute atomic E-state index is 0.0280. The normalized spacial score (nSPS) is 20.5. The van der Waals surface area contributed by atoms with Crippen LogP contribution in [-0.4, -0.2) is 49.4 Å². The Balaban J connectivity index is 1.53. The van der Waals surface area contributed by atoms with Crippen LogP contribution >= 0.6 is 0 Å². The number of anilines is 1. The molecule has 0 aromatic carbocycles. The lowest BCUT2D eigenvalue weighted by molar-refractivity contribution is 0.0392. The van der Waals surface area contributed by atoms with Gasteiger partial charge in [-0.15, -0.1) is 0 Å². The fourth-order valence-corrected chi connectivity index (χ4v) is 3.87. The van der Waals surface area contributed by atoms with Crippen LogP contribution in [0.5, 0.6) is 0 Å². The zero-order chi connectivity index (χ0) is 19.3. The second-order valence-corrected chi connectivity index (χ2v) is 7.86. The second kappa shape index (κ2) is 6.77. The minimum Gasteiger partial charge on any atom is -0.370 e. The van der Waals surface area contributed by atoms with Crippen molar-refractivity contribution >= 4 is 17.1 Å². The van der Waals surface area contributed by atoms with Crippen LogP contribution in [0.25, 0.3) is 11.2 Å². The van der Waals surface area contributed by atoms with Gasteiger partial charge in [0.25, 0.3) is 0 Å². The molecule has 1 aliphatic carbocycles. The van der Waals surface area contributed by atoms with E-state index in [1.165, 1.54) is 19.3 Å². The van der Waals surface area contributed by atoms with Gasteiger partial charge in [0.05, 0.1) is 36.4 Å². The van der Waals surface area contributed by atoms with Gasteiger partial charge in [-0.2, -0.15) is 10.1 Å². The lowest BCUT2D eigenvalue weighted by Crippen LogP contribution is -2.39. The van der Waals surface area contributed by atoms with Gasteiger partial charge in [-0.25, -0.2) is 15.0 Å². The van der Waals surface area contributed by atoms with Crippen LogP contribution in [0, 0.1) is 13.8 Å². The first kappa shape index (κ1) is 17.5. The molecule has 0 radical (unpaired) electrons. The van der Waals surface area contributed by atoms with Crippen LogP contribution in [0.4, 0.5) is 5.95 Å². The standard InChI is InChI=1S/C20H25N7O/c1-12-13(2)23-19-18(22-12)17(14-5-4-6-14)24-20(25-19)27-7-8-28-16(11-27)15-9-21-26(3)10-15/h9-10,14,16H,4-8,11H2,1-3H3/t16-/m0/s1. The molecule has 5 rings (SSSR count). The van der Waals surface area contributed by atoms with Crippen LogP contribution in [0.15, 0.2) is 12.4 Å². The topological polar surface area (TPSA) is 81.9 Å². The first-order chi connectivity index (χ1) is 13.6. The molecule has 1 saturated heterocycles. The highest BCUT2D eigenvalue weighted by Gasteiger charge is 2.29. The summed E-state index contributed by atoms with van der Waals surface area (Å²) in [5, 5.41) is 4.27. The van der Waals surface area contributed by atoms with Crippen LogP contribution in [0.3, 0.4) is 0 Å². The molecule has 1 atom stereocenters. The number of aryl methyl sites for hydroxylation is 3. The van der Waals surface area contributed by atoms with E-state index < -0.39 is 0 Å². The van der Waals surface area contributed by atoms with E-state index in [-0.39, 0.29) is 6.10 Å². The smallest absolute Gasteiger partial charge is 0.227 e. The summed E-state index contributed by atoms with van der Waals surface area (Å²) in [6.45, 7) is 6.10. The Kier molecular flexibility index (Phi) is 4.23. The van der Waals surface area contributed by atoms with Crippen molar-refractivity contribution in [2.45, 2.75) is 45.1 Å². The summed E-state index contributed by atoms with van der Waals surface area (Å²) in [7, 11) is 1.92. The first-order valence-corrected chi connectivity index (χ1v) is 9.96. The molecule has 0 unspecified atom stereocenters. The van der Waals surface area contributed by atoms with Crippen molar-refractivity contribution < 1.29 is 4.74 Å². The maximum atomic E-state index is 5.98. The highest BCUT2D eigenvalue weighted by atomic mass is 16.5. The number of morpholine rings is 1. The van der Waals surface area contributed by atoms with Crippen LogP contribution in [0.2, 0.25) is 0 Å². The van der Waals surface area contributed by atoms with Crippen molar-refractivity contribution in [3.8, 4) is 0 Å². The fraction of sp³-hybridized carbons (Fsp3) is 0.550. The second-order valence-electron chi connectivity index (χ2n) is 7.86. The lowest BCUT2D eigenvalue weighted by atomic mass is 9.82. The molecule has 1 aliphatic heterocycles. The number of aromatic nitrogens is 6. The number of fused-ring (bicyclic) bond motifs is 1. The number of ether oxygens (including phenoxy) is 1. The van der Waals surface area contributed by atoms with Gasteiger partial charge in [0.1, 0.15) is 11.6 Å². The average molecular weight is 379 g/mol. The third-order valence-corrected chi connectivity index (χ3v) is 5.90. The Morgan fingerprint density at radius 2 is 1.89 bits per heavy atom. The summed E-state index contributed by atoms with van der Waals surface area (Å²) < 4.78 is 7.79. The molecule has 0 amide bonds. The van der Waals surface area contributed by atoms with E-state index in [2.05, 4.69) is 10.00 Å². The summed E-state index contributed by atoms with van der Waals surface area (Å²) in [5.41, 5.74) is 5.59. The maximum Gasteiger partial charge on any atom is 0.227 e. The minimum atomic E-state index is -0.0280. The van der Waals surface area contributed by atoms with Crippen LogP contribution in [0.1, 0.15) is 53.9 Å². The molecule has 4 heterocycles. The van der Waals surface area contributed by atoms with Gasteiger partial charge in [-0.3, -0.25) is 4.68 Å². The van der Waals surface area contributed by atoms with E-state index in [9.17, 15) is 0 Å². The maximum absolute atomic E-state index is 5.98. The Morgan fingerprint density at radius 3 is 2.61 bits per heavy atom. The number of nitrogens with zero attached hydrogens (tertiary/aromatic N) is 7. The molecule has 3 aromatic rings. The fourth-order valence-electron chi connectivity index (χ4n) is 3.87. The predicted molar refractivity (Wildman–Crippen MR) is 105 cm³/mol. The van der Waals surface area contributed by atoms with Gasteiger partial charge in [0.15, 0.2) is 5.65 Å². The molecule has 2 fully saturated rings. The lowest BCUT2D eigenvalue weighted by Gasteiger charge is -2.33. The molecule has 1 saturated carbocycles. The van der Waals surface area contributed by atoms with E-state index in [0.29, 0.717) is 24.7 Å². The average Bonchev–Trinajstić information content (AvgIpc) is 3.08. The van der Waals surface area contributed by atoms with Gasteiger partial charge in [0, 0.05) is 31.3 Å². The summed E-state index contributed by atoms with van der Waals surface area (Å²) in [4.78, 5) is 21.5. The van der Waals surface area contributed by atoms with Crippen molar-refractivity contribution in [2.75, 3.05) is 24.6 Å². The molecular formula is C20H25N7O. The van der Waals surface area contributed by atoms with Gasteiger partial charge in [0.2, 0.25) is 5.95 Å². The van der Waals surface area contributed by atoms with Crippen molar-refractivity contribution in [3.63, 3.8) is 0 Å². The van der Waals surface area contributed by atoms with Gasteiger partial charge >= 0.3 is 0 Å². The predicted octanol–water partition coefficient (Wildman–Crippen LogP) is 2.62. The number of hydrogen-bond acceptors (Lipinski definition) is 7. The molecule has 8 nitrogen and oxygen atoms in total. The van der Waals surface area contributed by atoms with Crippen molar-refractivity contribution in [1.29, 1.82) is 0 Å². The summed E-state index contributed by atoms with van der Waals surface area (Å²) in [6.07, 6.45) is 7.44. The van der Waals surface area contributed by atoms with Gasteiger partial charge in [-0.05, 0) is 26.7 Å². The van der Waals surface area contributed by atoms with E-state index in [1.54, 1.807) is 4.68 Å². The zero-order valence-corrected chi connectivity index (χ0v) is 16.6. The number of rotatable bonds is 3. The van der Waals surface area contributed by atoms with E-state index >= 15 is 0 Å². The largest absolute Gasteiger partial charge is 0.370 e. The quantitative estimate of drug-likeness (QED) is 0.692. The van der Waals surface area contributed by atoms with Crippen molar-refractivity contribution in [1.82, 2.24) is 29.7 Å². The van der Waals surface area contributed by atoms with E-state index in [1.807, 2.05) is 33.3 Å². The Labute approximate surface area is 164 Å².